The summed E-state index contributed by atoms with van der Waals surface area (Å²) in [6.45, 7) is 0. The third-order valence-electron chi connectivity index (χ3n) is 6.42. The number of halogens is 4. The fourth-order valence-electron chi connectivity index (χ4n) is 5.07. The summed E-state index contributed by atoms with van der Waals surface area (Å²) in [5, 5.41) is 0. The molecule has 2 fully saturated rings. The van der Waals surface area contributed by atoms with Crippen molar-refractivity contribution in [1.29, 1.82) is 0 Å². The first kappa shape index (κ1) is 21.6. The van der Waals surface area contributed by atoms with E-state index in [-0.39, 0.29) is 17.2 Å². The second kappa shape index (κ2) is 7.99. The number of rotatable bonds is 4. The number of benzene rings is 2. The van der Waals surface area contributed by atoms with Crippen molar-refractivity contribution in [3.05, 3.63) is 52.5 Å². The van der Waals surface area contributed by atoms with Gasteiger partial charge in [-0.05, 0) is 85.1 Å². The highest BCUT2D eigenvalue weighted by atomic mass is 79.9. The van der Waals surface area contributed by atoms with E-state index in [2.05, 4.69) is 26.7 Å². The average Bonchev–Trinajstić information content (AvgIpc) is 3.52. The third kappa shape index (κ3) is 4.02. The molecule has 9 heteroatoms. The molecule has 2 heterocycles. The average molecular weight is 532 g/mol. The molecule has 0 aromatic heterocycles. The second-order valence-corrected chi connectivity index (χ2v) is 11.8. The molecule has 0 N–H and O–H groups in total. The fraction of sp³-hybridized carbons (Fsp3) is 0.455. The lowest BCUT2D eigenvalue weighted by Crippen LogP contribution is -2.49. The van der Waals surface area contributed by atoms with Crippen molar-refractivity contribution in [3.63, 3.8) is 0 Å². The summed E-state index contributed by atoms with van der Waals surface area (Å²) in [7, 11) is -1.64. The van der Waals surface area contributed by atoms with Gasteiger partial charge in [0, 0.05) is 9.89 Å². The smallest absolute Gasteiger partial charge is 0.406 e. The first-order chi connectivity index (χ1) is 14.8. The van der Waals surface area contributed by atoms with Gasteiger partial charge in [0.25, 0.3) is 0 Å². The lowest BCUT2D eigenvalue weighted by atomic mass is 9.70. The van der Waals surface area contributed by atoms with Gasteiger partial charge in [0.05, 0.1) is 16.6 Å². The molecule has 2 atom stereocenters. The molecule has 31 heavy (non-hydrogen) atoms. The van der Waals surface area contributed by atoms with Crippen LogP contribution in [0.25, 0.3) is 0 Å². The molecular formula is C22H21BrF3NO2S2. The van der Waals surface area contributed by atoms with E-state index in [1.807, 2.05) is 28.2 Å². The molecule has 3 aliphatic rings. The standard InChI is InChI=1S/C22H21BrF3NO2S2/c23-15-6-7-19-18(12-15)21(8-10-30-11-9-21)20(14-4-5-14)27(19)31(28)17-3-1-2-16(13-17)29-22(24,25)26/h1-3,6-7,12-14,20H,4-5,8-11H2. The number of anilines is 1. The minimum Gasteiger partial charge on any atom is -0.406 e. The molecule has 1 aliphatic carbocycles. The second-order valence-electron chi connectivity index (χ2n) is 8.31. The summed E-state index contributed by atoms with van der Waals surface area (Å²) >= 11 is 5.56. The van der Waals surface area contributed by atoms with Crippen molar-refractivity contribution in [2.75, 3.05) is 15.8 Å². The van der Waals surface area contributed by atoms with Gasteiger partial charge in [0.1, 0.15) is 5.75 Å². The summed E-state index contributed by atoms with van der Waals surface area (Å²) in [5.74, 6) is 2.22. The molecule has 2 unspecified atom stereocenters. The number of nitrogens with zero attached hydrogens (tertiary/aromatic N) is 1. The minimum absolute atomic E-state index is 0.0682. The van der Waals surface area contributed by atoms with Crippen molar-refractivity contribution >= 4 is 44.4 Å². The van der Waals surface area contributed by atoms with Crippen LogP contribution >= 0.6 is 27.7 Å². The lowest BCUT2D eigenvalue weighted by Gasteiger charge is -2.41. The number of hydrogen-bond acceptors (Lipinski definition) is 3. The molecule has 5 rings (SSSR count). The van der Waals surface area contributed by atoms with E-state index in [1.54, 1.807) is 6.07 Å². The molecule has 3 nitrogen and oxygen atoms in total. The highest BCUT2D eigenvalue weighted by Crippen LogP contribution is 2.59. The van der Waals surface area contributed by atoms with E-state index in [0.717, 1.165) is 47.3 Å². The Morgan fingerprint density at radius 2 is 1.87 bits per heavy atom. The molecular weight excluding hydrogens is 511 g/mol. The first-order valence-electron chi connectivity index (χ1n) is 10.2. The van der Waals surface area contributed by atoms with Gasteiger partial charge in [0.2, 0.25) is 0 Å². The topological polar surface area (TPSA) is 29.5 Å². The predicted molar refractivity (Wildman–Crippen MR) is 121 cm³/mol. The van der Waals surface area contributed by atoms with E-state index in [9.17, 15) is 17.4 Å². The highest BCUT2D eigenvalue weighted by Gasteiger charge is 2.58. The van der Waals surface area contributed by atoms with Gasteiger partial charge in [-0.1, -0.05) is 22.0 Å². The maximum Gasteiger partial charge on any atom is 0.573 e. The van der Waals surface area contributed by atoms with Crippen LogP contribution in [0, 0.1) is 5.92 Å². The minimum atomic E-state index is -4.78. The highest BCUT2D eigenvalue weighted by molar-refractivity contribution is 9.10. The van der Waals surface area contributed by atoms with Crippen molar-refractivity contribution in [2.45, 2.75) is 48.4 Å². The van der Waals surface area contributed by atoms with Gasteiger partial charge in [-0.25, -0.2) is 4.21 Å². The quantitative estimate of drug-likeness (QED) is 0.455. The van der Waals surface area contributed by atoms with Crippen LogP contribution in [0.15, 0.2) is 51.8 Å². The Balaban J connectivity index is 1.58. The van der Waals surface area contributed by atoms with E-state index >= 15 is 0 Å². The molecule has 0 amide bonds. The number of ether oxygens (including phenoxy) is 1. The van der Waals surface area contributed by atoms with E-state index in [4.69, 9.17) is 0 Å². The molecule has 1 saturated carbocycles. The van der Waals surface area contributed by atoms with Crippen molar-refractivity contribution in [3.8, 4) is 5.75 Å². The molecule has 1 saturated heterocycles. The monoisotopic (exact) mass is 531 g/mol. The van der Waals surface area contributed by atoms with Crippen molar-refractivity contribution < 1.29 is 22.1 Å². The Labute approximate surface area is 194 Å². The number of fused-ring (bicyclic) bond motifs is 2. The van der Waals surface area contributed by atoms with Crippen LogP contribution in [-0.4, -0.2) is 28.1 Å². The van der Waals surface area contributed by atoms with Crippen LogP contribution in [0.5, 0.6) is 5.75 Å². The lowest BCUT2D eigenvalue weighted by molar-refractivity contribution is -0.274. The normalized spacial score (nSPS) is 23.6. The summed E-state index contributed by atoms with van der Waals surface area (Å²) < 4.78 is 59.0. The predicted octanol–water partition coefficient (Wildman–Crippen LogP) is 6.43. The van der Waals surface area contributed by atoms with Gasteiger partial charge in [-0.15, -0.1) is 13.2 Å². The zero-order valence-corrected chi connectivity index (χ0v) is 19.7. The van der Waals surface area contributed by atoms with Gasteiger partial charge in [0.15, 0.2) is 11.0 Å². The first-order valence-corrected chi connectivity index (χ1v) is 13.3. The third-order valence-corrected chi connectivity index (χ3v) is 9.34. The molecule has 2 aromatic rings. The molecule has 2 aliphatic heterocycles. The summed E-state index contributed by atoms with van der Waals surface area (Å²) in [5.41, 5.74) is 2.09. The van der Waals surface area contributed by atoms with Gasteiger partial charge in [-0.3, -0.25) is 4.31 Å². The number of hydrogen-bond donors (Lipinski definition) is 0. The van der Waals surface area contributed by atoms with Crippen molar-refractivity contribution in [1.82, 2.24) is 0 Å². The number of thioether (sulfide) groups is 1. The Morgan fingerprint density at radius 3 is 2.55 bits per heavy atom. The number of alkyl halides is 3. The van der Waals surface area contributed by atoms with Crippen LogP contribution < -0.4 is 9.04 Å². The Morgan fingerprint density at radius 1 is 1.13 bits per heavy atom. The van der Waals surface area contributed by atoms with Crippen LogP contribution in [0.2, 0.25) is 0 Å². The van der Waals surface area contributed by atoms with Crippen molar-refractivity contribution in [2.24, 2.45) is 5.92 Å². The van der Waals surface area contributed by atoms with Gasteiger partial charge >= 0.3 is 6.36 Å². The summed E-state index contributed by atoms with van der Waals surface area (Å²) in [4.78, 5) is 0.323. The Kier molecular flexibility index (Phi) is 5.58. The zero-order chi connectivity index (χ0) is 21.8. The molecule has 0 bridgehead atoms. The van der Waals surface area contributed by atoms with Crippen LogP contribution in [0.1, 0.15) is 31.2 Å². The maximum absolute atomic E-state index is 13.9. The van der Waals surface area contributed by atoms with E-state index in [1.165, 1.54) is 23.8 Å². The van der Waals surface area contributed by atoms with Crippen LogP contribution in [0.4, 0.5) is 18.9 Å². The van der Waals surface area contributed by atoms with Crippen LogP contribution in [0.3, 0.4) is 0 Å². The largest absolute Gasteiger partial charge is 0.573 e. The molecule has 0 radical (unpaired) electrons. The van der Waals surface area contributed by atoms with Gasteiger partial charge in [-0.2, -0.15) is 11.8 Å². The molecule has 166 valence electrons. The SMILES string of the molecule is O=S(c1cccc(OC(F)(F)F)c1)N1c2ccc(Br)cc2C2(CCSCC2)C1C1CC1. The fourth-order valence-corrected chi connectivity index (χ4v) is 8.21. The van der Waals surface area contributed by atoms with Gasteiger partial charge < -0.3 is 4.74 Å². The zero-order valence-electron chi connectivity index (χ0n) is 16.5. The Hall–Kier alpha value is -1.19. The maximum atomic E-state index is 13.9. The molecule has 1 spiro atoms. The molecule has 2 aromatic carbocycles. The van der Waals surface area contributed by atoms with E-state index in [0.29, 0.717) is 10.8 Å². The Bertz CT molecular complexity index is 1020. The summed E-state index contributed by atoms with van der Waals surface area (Å²) in [6.07, 6.45) is -0.549. The summed E-state index contributed by atoms with van der Waals surface area (Å²) in [6, 6.07) is 11.8. The van der Waals surface area contributed by atoms with E-state index < -0.39 is 17.3 Å². The van der Waals surface area contributed by atoms with Crippen LogP contribution in [-0.2, 0) is 16.4 Å².